The second kappa shape index (κ2) is 4.51. The lowest BCUT2D eigenvalue weighted by Crippen LogP contribution is -2.03. The quantitative estimate of drug-likeness (QED) is 0.660. The maximum Gasteiger partial charge on any atom is 0.0521 e. The van der Waals surface area contributed by atoms with Crippen LogP contribution in [-0.4, -0.2) is 15.7 Å². The van der Waals surface area contributed by atoms with Gasteiger partial charge in [-0.3, -0.25) is 4.68 Å². The molecule has 0 aliphatic carbocycles. The molecule has 0 spiro atoms. The molecule has 0 saturated carbocycles. The molecule has 1 aromatic heterocycles. The summed E-state index contributed by atoms with van der Waals surface area (Å²) in [5, 5.41) is 4.11. The number of nitrogens with zero attached hydrogens (tertiary/aromatic N) is 2. The molecule has 1 atom stereocenters. The number of alkyl halides is 1. The van der Waals surface area contributed by atoms with Crippen LogP contribution in [0.4, 0.5) is 0 Å². The highest BCUT2D eigenvalue weighted by Crippen LogP contribution is 2.12. The molecule has 0 aliphatic rings. The summed E-state index contributed by atoms with van der Waals surface area (Å²) in [5.41, 5.74) is 1.28. The third-order valence-electron chi connectivity index (χ3n) is 2.08. The van der Waals surface area contributed by atoms with Crippen molar-refractivity contribution in [3.05, 3.63) is 18.0 Å². The lowest BCUT2D eigenvalue weighted by molar-refractivity contribution is 0.566. The summed E-state index contributed by atoms with van der Waals surface area (Å²) in [6.45, 7) is 2.17. The van der Waals surface area contributed by atoms with E-state index in [0.29, 0.717) is 5.92 Å². The second-order valence-corrected chi connectivity index (χ2v) is 3.46. The SMILES string of the molecule is CCC(CCl)Cc1cnn(C)c1. The van der Waals surface area contributed by atoms with Crippen LogP contribution in [0.25, 0.3) is 0 Å². The molecule has 12 heavy (non-hydrogen) atoms. The Hall–Kier alpha value is -0.500. The number of halogens is 1. The molecule has 0 N–H and O–H groups in total. The average molecular weight is 187 g/mol. The van der Waals surface area contributed by atoms with Gasteiger partial charge in [0.15, 0.2) is 0 Å². The van der Waals surface area contributed by atoms with Crippen LogP contribution in [0.2, 0.25) is 0 Å². The van der Waals surface area contributed by atoms with Crippen LogP contribution in [0.3, 0.4) is 0 Å². The van der Waals surface area contributed by atoms with Crippen LogP contribution in [0.15, 0.2) is 12.4 Å². The Morgan fingerprint density at radius 3 is 2.83 bits per heavy atom. The average Bonchev–Trinajstić information content (AvgIpc) is 2.47. The molecule has 0 saturated heterocycles. The van der Waals surface area contributed by atoms with Crippen molar-refractivity contribution in [1.82, 2.24) is 9.78 Å². The van der Waals surface area contributed by atoms with E-state index >= 15 is 0 Å². The minimum atomic E-state index is 0.593. The summed E-state index contributed by atoms with van der Waals surface area (Å²) >= 11 is 5.80. The van der Waals surface area contributed by atoms with Gasteiger partial charge in [0.1, 0.15) is 0 Å². The van der Waals surface area contributed by atoms with Gasteiger partial charge in [-0.25, -0.2) is 0 Å². The zero-order valence-electron chi connectivity index (χ0n) is 7.63. The summed E-state index contributed by atoms with van der Waals surface area (Å²) in [6.07, 6.45) is 6.15. The van der Waals surface area contributed by atoms with Gasteiger partial charge in [-0.15, -0.1) is 11.6 Å². The number of aromatic nitrogens is 2. The molecule has 0 amide bonds. The van der Waals surface area contributed by atoms with Gasteiger partial charge in [-0.2, -0.15) is 5.10 Å². The van der Waals surface area contributed by atoms with Gasteiger partial charge in [-0.1, -0.05) is 13.3 Å². The van der Waals surface area contributed by atoms with Gasteiger partial charge in [0, 0.05) is 19.1 Å². The van der Waals surface area contributed by atoms with Crippen molar-refractivity contribution in [2.45, 2.75) is 19.8 Å². The molecule has 1 unspecified atom stereocenters. The number of rotatable bonds is 4. The van der Waals surface area contributed by atoms with Crippen molar-refractivity contribution in [2.75, 3.05) is 5.88 Å². The Morgan fingerprint density at radius 2 is 2.42 bits per heavy atom. The van der Waals surface area contributed by atoms with E-state index in [9.17, 15) is 0 Å². The van der Waals surface area contributed by atoms with Crippen molar-refractivity contribution in [2.24, 2.45) is 13.0 Å². The fourth-order valence-electron chi connectivity index (χ4n) is 1.22. The van der Waals surface area contributed by atoms with E-state index in [1.165, 1.54) is 5.56 Å². The number of hydrogen-bond donors (Lipinski definition) is 0. The molecular weight excluding hydrogens is 172 g/mol. The van der Waals surface area contributed by atoms with Crippen LogP contribution in [-0.2, 0) is 13.5 Å². The van der Waals surface area contributed by atoms with Crippen LogP contribution in [0, 0.1) is 5.92 Å². The fraction of sp³-hybridized carbons (Fsp3) is 0.667. The number of aryl methyl sites for hydroxylation is 1. The Morgan fingerprint density at radius 1 is 1.67 bits per heavy atom. The molecule has 3 heteroatoms. The minimum absolute atomic E-state index is 0.593. The molecule has 1 heterocycles. The lowest BCUT2D eigenvalue weighted by Gasteiger charge is -2.07. The summed E-state index contributed by atoms with van der Waals surface area (Å²) in [4.78, 5) is 0. The predicted octanol–water partition coefficient (Wildman–Crippen LogP) is 2.23. The minimum Gasteiger partial charge on any atom is -0.276 e. The van der Waals surface area contributed by atoms with Crippen molar-refractivity contribution in [3.8, 4) is 0 Å². The second-order valence-electron chi connectivity index (χ2n) is 3.15. The van der Waals surface area contributed by atoms with Gasteiger partial charge in [0.05, 0.1) is 6.20 Å². The molecular formula is C9H15ClN2. The summed E-state index contributed by atoms with van der Waals surface area (Å²) < 4.78 is 1.83. The Kier molecular flexibility index (Phi) is 3.60. The van der Waals surface area contributed by atoms with Gasteiger partial charge < -0.3 is 0 Å². The standard InChI is InChI=1S/C9H15ClN2/c1-3-8(5-10)4-9-6-11-12(2)7-9/h6-8H,3-5H2,1-2H3. The van der Waals surface area contributed by atoms with Crippen molar-refractivity contribution < 1.29 is 0 Å². The lowest BCUT2D eigenvalue weighted by atomic mass is 10.0. The molecule has 2 nitrogen and oxygen atoms in total. The Balaban J connectivity index is 2.50. The molecule has 0 aliphatic heterocycles. The van der Waals surface area contributed by atoms with Gasteiger partial charge >= 0.3 is 0 Å². The Labute approximate surface area is 78.5 Å². The highest BCUT2D eigenvalue weighted by atomic mass is 35.5. The van der Waals surface area contributed by atoms with Crippen molar-refractivity contribution in [1.29, 1.82) is 0 Å². The first-order valence-electron chi connectivity index (χ1n) is 4.29. The van der Waals surface area contributed by atoms with Crippen molar-refractivity contribution >= 4 is 11.6 Å². The fourth-order valence-corrected chi connectivity index (χ4v) is 1.55. The van der Waals surface area contributed by atoms with Crippen LogP contribution in [0.1, 0.15) is 18.9 Å². The molecule has 0 radical (unpaired) electrons. The van der Waals surface area contributed by atoms with Crippen LogP contribution in [0.5, 0.6) is 0 Å². The first kappa shape index (κ1) is 9.59. The first-order chi connectivity index (χ1) is 5.76. The molecule has 68 valence electrons. The van der Waals surface area contributed by atoms with E-state index in [1.807, 2.05) is 17.9 Å². The molecule has 1 rings (SSSR count). The highest BCUT2D eigenvalue weighted by Gasteiger charge is 2.06. The van der Waals surface area contributed by atoms with E-state index in [4.69, 9.17) is 11.6 Å². The van der Waals surface area contributed by atoms with E-state index < -0.39 is 0 Å². The zero-order valence-corrected chi connectivity index (χ0v) is 8.38. The van der Waals surface area contributed by atoms with E-state index in [2.05, 4.69) is 18.2 Å². The van der Waals surface area contributed by atoms with Gasteiger partial charge in [-0.05, 0) is 17.9 Å². The topological polar surface area (TPSA) is 17.8 Å². The zero-order chi connectivity index (χ0) is 8.97. The molecule has 1 aromatic rings. The molecule has 0 fully saturated rings. The smallest absolute Gasteiger partial charge is 0.0521 e. The summed E-state index contributed by atoms with van der Waals surface area (Å²) in [5.74, 6) is 1.33. The van der Waals surface area contributed by atoms with E-state index in [1.54, 1.807) is 0 Å². The number of hydrogen-bond acceptors (Lipinski definition) is 1. The summed E-state index contributed by atoms with van der Waals surface area (Å²) in [6, 6.07) is 0. The summed E-state index contributed by atoms with van der Waals surface area (Å²) in [7, 11) is 1.94. The largest absolute Gasteiger partial charge is 0.276 e. The Bertz CT molecular complexity index is 228. The normalized spacial score (nSPS) is 13.2. The highest BCUT2D eigenvalue weighted by molar-refractivity contribution is 6.18. The van der Waals surface area contributed by atoms with Crippen LogP contribution < -0.4 is 0 Å². The molecule has 0 bridgehead atoms. The third kappa shape index (κ3) is 2.52. The van der Waals surface area contributed by atoms with Gasteiger partial charge in [0.25, 0.3) is 0 Å². The van der Waals surface area contributed by atoms with Crippen molar-refractivity contribution in [3.63, 3.8) is 0 Å². The van der Waals surface area contributed by atoms with E-state index in [-0.39, 0.29) is 0 Å². The monoisotopic (exact) mass is 186 g/mol. The maximum atomic E-state index is 5.80. The molecule has 0 aromatic carbocycles. The predicted molar refractivity (Wildman–Crippen MR) is 51.4 cm³/mol. The van der Waals surface area contributed by atoms with E-state index in [0.717, 1.165) is 18.7 Å². The third-order valence-corrected chi connectivity index (χ3v) is 2.51. The first-order valence-corrected chi connectivity index (χ1v) is 4.83. The van der Waals surface area contributed by atoms with Crippen LogP contribution >= 0.6 is 11.6 Å². The maximum absolute atomic E-state index is 5.80. The van der Waals surface area contributed by atoms with Gasteiger partial charge in [0.2, 0.25) is 0 Å².